The van der Waals surface area contributed by atoms with Gasteiger partial charge in [0.15, 0.2) is 0 Å². The molecule has 1 amide bonds. The van der Waals surface area contributed by atoms with Crippen LogP contribution in [0.3, 0.4) is 0 Å². The molecule has 0 aromatic rings. The van der Waals surface area contributed by atoms with Crippen LogP contribution >= 0.6 is 7.82 Å². The Morgan fingerprint density at radius 3 is 1.62 bits per heavy atom. The van der Waals surface area contributed by atoms with E-state index >= 15 is 0 Å². The number of unbranched alkanes of at least 4 members (excludes halogenated alkanes) is 22. The first-order chi connectivity index (χ1) is 24.0. The first-order valence-electron chi connectivity index (χ1n) is 20.7. The third kappa shape index (κ3) is 35.4. The van der Waals surface area contributed by atoms with Crippen LogP contribution in [-0.4, -0.2) is 68.5 Å². The Labute approximate surface area is 309 Å². The topological polar surface area (TPSA) is 108 Å². The Morgan fingerprint density at radius 2 is 1.12 bits per heavy atom. The van der Waals surface area contributed by atoms with Gasteiger partial charge in [0.05, 0.1) is 39.9 Å². The molecule has 0 aromatic heterocycles. The van der Waals surface area contributed by atoms with Crippen molar-refractivity contribution in [3.63, 3.8) is 0 Å². The van der Waals surface area contributed by atoms with E-state index in [1.165, 1.54) is 122 Å². The summed E-state index contributed by atoms with van der Waals surface area (Å²) in [6, 6.07) is -0.896. The van der Waals surface area contributed by atoms with Crippen LogP contribution in [0, 0.1) is 0 Å². The van der Waals surface area contributed by atoms with Gasteiger partial charge in [-0.3, -0.25) is 9.36 Å². The molecule has 0 rings (SSSR count). The quantitative estimate of drug-likeness (QED) is 0.0285. The van der Waals surface area contributed by atoms with Crippen molar-refractivity contribution in [3.8, 4) is 0 Å². The van der Waals surface area contributed by atoms with Crippen molar-refractivity contribution in [2.45, 2.75) is 193 Å². The maximum absolute atomic E-state index is 12.8. The summed E-state index contributed by atoms with van der Waals surface area (Å²) in [5.74, 6) is -0.209. The van der Waals surface area contributed by atoms with Crippen LogP contribution in [0.5, 0.6) is 0 Å². The molecule has 2 N–H and O–H groups in total. The molecule has 0 aliphatic carbocycles. The molecular formula is C41H81N2O6P. The maximum Gasteiger partial charge on any atom is 0.268 e. The highest BCUT2D eigenvalue weighted by Crippen LogP contribution is 2.38. The predicted octanol–water partition coefficient (Wildman–Crippen LogP) is 10.3. The van der Waals surface area contributed by atoms with E-state index in [1.54, 1.807) is 6.08 Å². The lowest BCUT2D eigenvalue weighted by Gasteiger charge is -2.29. The van der Waals surface area contributed by atoms with Gasteiger partial charge in [-0.05, 0) is 32.1 Å². The van der Waals surface area contributed by atoms with Crippen LogP contribution in [0.2, 0.25) is 0 Å². The number of carbonyl (C=O) groups is 1. The fraction of sp³-hybridized carbons (Fsp3) is 0.878. The number of likely N-dealkylation sites (N-methyl/N-ethyl adjacent to an activating group) is 1. The second-order valence-corrected chi connectivity index (χ2v) is 16.8. The lowest BCUT2D eigenvalue weighted by Crippen LogP contribution is -2.45. The Bertz CT molecular complexity index is 876. The van der Waals surface area contributed by atoms with Crippen LogP contribution in [0.25, 0.3) is 0 Å². The Kier molecular flexibility index (Phi) is 33.1. The summed E-state index contributed by atoms with van der Waals surface area (Å²) >= 11 is 0. The third-order valence-electron chi connectivity index (χ3n) is 9.16. The van der Waals surface area contributed by atoms with Gasteiger partial charge in [0.2, 0.25) is 5.91 Å². The zero-order valence-electron chi connectivity index (χ0n) is 33.4. The van der Waals surface area contributed by atoms with Crippen molar-refractivity contribution in [2.24, 2.45) is 0 Å². The standard InChI is InChI=1S/C41H81N2O6P/c1-6-8-10-12-14-16-18-19-20-21-22-23-25-26-28-30-32-34-40(44)39(38-49-50(46,47)48-37-36-43(3,4)5)42-41(45)35-33-31-29-27-24-17-15-13-11-9-7-2/h25-26,32,34,39-40,44H,6-24,27-31,33,35-38H2,1-5H3,(H-,42,45,46,47)/b26-25+,34-32+/t39-,40+/m0/s1. The van der Waals surface area contributed by atoms with Crippen LogP contribution in [0.1, 0.15) is 181 Å². The van der Waals surface area contributed by atoms with E-state index in [-0.39, 0.29) is 19.1 Å². The SMILES string of the molecule is CCCCCCCCCCCCC/C=C/CC/C=C/[C@@H](O)[C@H](COP(=O)([O-])OCC[N+](C)(C)C)NC(=O)CCCCCCCCCCCCC. The molecule has 0 aromatic carbocycles. The van der Waals surface area contributed by atoms with E-state index in [2.05, 4.69) is 31.3 Å². The second-order valence-electron chi connectivity index (χ2n) is 15.3. The van der Waals surface area contributed by atoms with E-state index in [9.17, 15) is 19.4 Å². The van der Waals surface area contributed by atoms with Crippen LogP contribution in [-0.2, 0) is 18.4 Å². The highest BCUT2D eigenvalue weighted by molar-refractivity contribution is 7.45. The summed E-state index contributed by atoms with van der Waals surface area (Å²) in [7, 11) is 1.25. The highest BCUT2D eigenvalue weighted by Gasteiger charge is 2.23. The number of phosphoric acid groups is 1. The summed E-state index contributed by atoms with van der Waals surface area (Å²) in [6.07, 6.45) is 37.9. The number of rotatable bonds is 37. The van der Waals surface area contributed by atoms with Crippen LogP contribution < -0.4 is 10.2 Å². The Morgan fingerprint density at radius 1 is 0.680 bits per heavy atom. The molecule has 8 nitrogen and oxygen atoms in total. The number of allylic oxidation sites excluding steroid dienone is 3. The molecule has 3 atom stereocenters. The van der Waals surface area contributed by atoms with Gasteiger partial charge in [-0.15, -0.1) is 0 Å². The van der Waals surface area contributed by atoms with Crippen molar-refractivity contribution >= 4 is 13.7 Å². The van der Waals surface area contributed by atoms with Crippen LogP contribution in [0.15, 0.2) is 24.3 Å². The maximum atomic E-state index is 12.8. The first kappa shape index (κ1) is 49.0. The Balaban J connectivity index is 4.51. The van der Waals surface area contributed by atoms with Gasteiger partial charge in [0.1, 0.15) is 13.2 Å². The summed E-state index contributed by atoms with van der Waals surface area (Å²) in [5.41, 5.74) is 0. The molecule has 0 aliphatic rings. The highest BCUT2D eigenvalue weighted by atomic mass is 31.2. The molecule has 9 heteroatoms. The molecule has 1 unspecified atom stereocenters. The summed E-state index contributed by atoms with van der Waals surface area (Å²) < 4.78 is 23.1. The average molecular weight is 729 g/mol. The van der Waals surface area contributed by atoms with Crippen molar-refractivity contribution in [2.75, 3.05) is 40.9 Å². The number of amides is 1. The number of nitrogens with one attached hydrogen (secondary N) is 1. The normalized spacial score (nSPS) is 14.8. The molecular weight excluding hydrogens is 647 g/mol. The number of hydrogen-bond acceptors (Lipinski definition) is 6. The minimum Gasteiger partial charge on any atom is -0.756 e. The molecule has 296 valence electrons. The van der Waals surface area contributed by atoms with Crippen molar-refractivity contribution in [1.29, 1.82) is 0 Å². The lowest BCUT2D eigenvalue weighted by atomic mass is 10.0. The number of carbonyl (C=O) groups excluding carboxylic acids is 1. The van der Waals surface area contributed by atoms with Gasteiger partial charge in [-0.2, -0.15) is 0 Å². The molecule has 0 radical (unpaired) electrons. The molecule has 0 fully saturated rings. The number of phosphoric ester groups is 1. The number of aliphatic hydroxyl groups is 1. The zero-order valence-corrected chi connectivity index (χ0v) is 34.2. The van der Waals surface area contributed by atoms with Crippen LogP contribution in [0.4, 0.5) is 0 Å². The monoisotopic (exact) mass is 729 g/mol. The smallest absolute Gasteiger partial charge is 0.268 e. The molecule has 0 aliphatic heterocycles. The summed E-state index contributed by atoms with van der Waals surface area (Å²) in [4.78, 5) is 25.2. The number of nitrogens with zero attached hydrogens (tertiary/aromatic N) is 1. The fourth-order valence-corrected chi connectivity index (χ4v) is 6.54. The Hall–Kier alpha value is -1.02. The van der Waals surface area contributed by atoms with E-state index in [0.29, 0.717) is 17.4 Å². The van der Waals surface area contributed by atoms with Gasteiger partial charge in [0.25, 0.3) is 7.82 Å². The third-order valence-corrected chi connectivity index (χ3v) is 10.1. The van der Waals surface area contributed by atoms with Crippen molar-refractivity contribution < 1.29 is 32.9 Å². The molecule has 0 heterocycles. The largest absolute Gasteiger partial charge is 0.756 e. The minimum atomic E-state index is -4.58. The summed E-state index contributed by atoms with van der Waals surface area (Å²) in [5, 5.41) is 13.7. The second kappa shape index (κ2) is 33.8. The summed E-state index contributed by atoms with van der Waals surface area (Å²) in [6.45, 7) is 4.60. The van der Waals surface area contributed by atoms with E-state index in [4.69, 9.17) is 9.05 Å². The van der Waals surface area contributed by atoms with E-state index < -0.39 is 20.0 Å². The minimum absolute atomic E-state index is 0.00457. The van der Waals surface area contributed by atoms with Crippen molar-refractivity contribution in [1.82, 2.24) is 5.32 Å². The number of quaternary nitrogens is 1. The van der Waals surface area contributed by atoms with Crippen molar-refractivity contribution in [3.05, 3.63) is 24.3 Å². The predicted molar refractivity (Wildman–Crippen MR) is 210 cm³/mol. The van der Waals surface area contributed by atoms with E-state index in [1.807, 2.05) is 27.2 Å². The van der Waals surface area contributed by atoms with E-state index in [0.717, 1.165) is 38.5 Å². The average Bonchev–Trinajstić information content (AvgIpc) is 3.06. The molecule has 0 saturated heterocycles. The van der Waals surface area contributed by atoms with Gasteiger partial charge < -0.3 is 28.8 Å². The van der Waals surface area contributed by atoms with Gasteiger partial charge in [-0.1, -0.05) is 167 Å². The number of hydrogen-bond donors (Lipinski definition) is 2. The molecule has 0 spiro atoms. The van der Waals surface area contributed by atoms with Gasteiger partial charge >= 0.3 is 0 Å². The molecule has 0 bridgehead atoms. The lowest BCUT2D eigenvalue weighted by molar-refractivity contribution is -0.870. The molecule has 0 saturated carbocycles. The number of aliphatic hydroxyl groups excluding tert-OH is 1. The zero-order chi connectivity index (χ0) is 37.2. The first-order valence-corrected chi connectivity index (χ1v) is 22.2. The van der Waals surface area contributed by atoms with Gasteiger partial charge in [-0.25, -0.2) is 0 Å². The van der Waals surface area contributed by atoms with Gasteiger partial charge in [0, 0.05) is 6.42 Å². The fourth-order valence-electron chi connectivity index (χ4n) is 5.81. The molecule has 50 heavy (non-hydrogen) atoms.